The van der Waals surface area contributed by atoms with Gasteiger partial charge in [-0.1, -0.05) is 49.0 Å². The summed E-state index contributed by atoms with van der Waals surface area (Å²) in [6.07, 6.45) is 1.95. The van der Waals surface area contributed by atoms with Crippen molar-refractivity contribution in [2.75, 3.05) is 46.3 Å². The van der Waals surface area contributed by atoms with Crippen LogP contribution in [0.5, 0.6) is 11.5 Å². The van der Waals surface area contributed by atoms with Gasteiger partial charge in [-0.15, -0.1) is 0 Å². The van der Waals surface area contributed by atoms with Crippen LogP contribution in [0.2, 0.25) is 0 Å². The number of rotatable bonds is 18. The van der Waals surface area contributed by atoms with E-state index in [9.17, 15) is 14.0 Å². The topological polar surface area (TPSA) is 112 Å². The molecule has 43 heavy (non-hydrogen) atoms. The molecule has 0 saturated carbocycles. The Balaban J connectivity index is 1.63. The molecule has 0 radical (unpaired) electrons. The maximum atomic E-state index is 12.9. The van der Waals surface area contributed by atoms with Crippen molar-refractivity contribution in [1.82, 2.24) is 0 Å². The molecule has 3 aromatic carbocycles. The summed E-state index contributed by atoms with van der Waals surface area (Å²) in [7, 11) is 0. The Kier molecular flexibility index (Phi) is 13.7. The number of hydrogen-bond acceptors (Lipinski definition) is 8. The average molecular weight is 595 g/mol. The molecule has 0 aliphatic rings. The van der Waals surface area contributed by atoms with Gasteiger partial charge in [-0.25, -0.2) is 4.79 Å². The Morgan fingerprint density at radius 3 is 1.95 bits per heavy atom. The number of esters is 2. The molecule has 0 saturated heterocycles. The number of aryl methyl sites for hydroxylation is 1. The first-order valence-corrected chi connectivity index (χ1v) is 14.2. The molecule has 0 aliphatic carbocycles. The fourth-order valence-corrected chi connectivity index (χ4v) is 4.13. The number of carbonyl (C=O) groups is 2. The molecule has 0 aromatic heterocycles. The Morgan fingerprint density at radius 1 is 0.791 bits per heavy atom. The van der Waals surface area contributed by atoms with E-state index >= 15 is 0 Å². The van der Waals surface area contributed by atoms with E-state index in [0.717, 1.165) is 40.7 Å². The minimum absolute atomic E-state index is 0.00694. The van der Waals surface area contributed by atoms with E-state index in [1.165, 1.54) is 0 Å². The molecule has 3 aromatic rings. The van der Waals surface area contributed by atoms with E-state index in [1.807, 2.05) is 54.6 Å². The molecule has 0 bridgehead atoms. The maximum absolute atomic E-state index is 12.9. The van der Waals surface area contributed by atoms with Crippen LogP contribution in [0.25, 0.3) is 22.3 Å². The minimum atomic E-state index is -0.652. The second kappa shape index (κ2) is 17.7. The molecule has 1 atom stereocenters. The van der Waals surface area contributed by atoms with E-state index in [1.54, 1.807) is 6.92 Å². The van der Waals surface area contributed by atoms with Crippen LogP contribution in [0.3, 0.4) is 0 Å². The highest BCUT2D eigenvalue weighted by Gasteiger charge is 2.13. The van der Waals surface area contributed by atoms with Crippen molar-refractivity contribution in [3.8, 4) is 33.8 Å². The molecular formula is C34H39FO8. The smallest absolute Gasteiger partial charge is 0.335 e. The van der Waals surface area contributed by atoms with E-state index in [-0.39, 0.29) is 45.3 Å². The molecule has 0 heterocycles. The number of aliphatic hydroxyl groups excluding tert-OH is 2. The van der Waals surface area contributed by atoms with E-state index in [4.69, 9.17) is 29.2 Å². The molecule has 0 spiro atoms. The number of hydrogen-bond donors (Lipinski definition) is 2. The lowest BCUT2D eigenvalue weighted by Gasteiger charge is -2.14. The second-order valence-electron chi connectivity index (χ2n) is 9.91. The number of unbranched alkanes of at least 4 members (excludes halogenated alkanes) is 1. The quantitative estimate of drug-likeness (QED) is 0.115. The molecule has 0 amide bonds. The third kappa shape index (κ3) is 10.5. The summed E-state index contributed by atoms with van der Waals surface area (Å²) in [4.78, 5) is 23.2. The number of ether oxygens (including phenoxy) is 4. The monoisotopic (exact) mass is 594 g/mol. The minimum Gasteiger partial charge on any atom is -0.490 e. The first kappa shape index (κ1) is 33.3. The zero-order valence-corrected chi connectivity index (χ0v) is 24.4. The van der Waals surface area contributed by atoms with Crippen LogP contribution in [0.1, 0.15) is 25.3 Å². The molecule has 8 nitrogen and oxygen atoms in total. The van der Waals surface area contributed by atoms with Gasteiger partial charge in [0.05, 0.1) is 31.4 Å². The van der Waals surface area contributed by atoms with Crippen LogP contribution in [-0.2, 0) is 25.5 Å². The van der Waals surface area contributed by atoms with Crippen LogP contribution < -0.4 is 9.47 Å². The Hall–Kier alpha value is -4.21. The summed E-state index contributed by atoms with van der Waals surface area (Å²) < 4.78 is 34.3. The third-order valence-corrected chi connectivity index (χ3v) is 6.63. The molecule has 0 aliphatic heterocycles. The second-order valence-corrected chi connectivity index (χ2v) is 9.91. The first-order valence-electron chi connectivity index (χ1n) is 14.2. The van der Waals surface area contributed by atoms with Gasteiger partial charge >= 0.3 is 11.9 Å². The van der Waals surface area contributed by atoms with Gasteiger partial charge in [-0.2, -0.15) is 0 Å². The van der Waals surface area contributed by atoms with Crippen LogP contribution >= 0.6 is 0 Å². The van der Waals surface area contributed by atoms with Crippen molar-refractivity contribution >= 4 is 11.9 Å². The zero-order valence-electron chi connectivity index (χ0n) is 24.4. The number of aliphatic hydroxyl groups is 2. The average Bonchev–Trinajstić information content (AvgIpc) is 3.04. The standard InChI is InChI=1S/C34H39FO8/c1-24(22-36)33(38)42-19-17-40-30-11-6-26(7-12-30)28-10-15-32(29(21-28)5-3-4-16-35)27-8-13-31(14-9-27)41-18-20-43-34(39)25(2)23-37/h6-15,21,25,36-37H,1,3-5,16-20,22-23H2,2H3. The van der Waals surface area contributed by atoms with Gasteiger partial charge in [0, 0.05) is 0 Å². The van der Waals surface area contributed by atoms with Crippen molar-refractivity contribution in [1.29, 1.82) is 0 Å². The van der Waals surface area contributed by atoms with Crippen molar-refractivity contribution in [3.05, 3.63) is 84.4 Å². The van der Waals surface area contributed by atoms with Crippen LogP contribution in [0, 0.1) is 5.92 Å². The van der Waals surface area contributed by atoms with Gasteiger partial charge in [0.1, 0.15) is 37.9 Å². The Bertz CT molecular complexity index is 1320. The van der Waals surface area contributed by atoms with Crippen molar-refractivity contribution in [3.63, 3.8) is 0 Å². The summed E-state index contributed by atoms with van der Waals surface area (Å²) in [5.74, 6) is -0.409. The van der Waals surface area contributed by atoms with E-state index < -0.39 is 24.5 Å². The van der Waals surface area contributed by atoms with Gasteiger partial charge in [-0.05, 0) is 78.3 Å². The lowest BCUT2D eigenvalue weighted by molar-refractivity contribution is -0.150. The molecule has 230 valence electrons. The molecule has 2 N–H and O–H groups in total. The van der Waals surface area contributed by atoms with Gasteiger partial charge in [0.15, 0.2) is 0 Å². The summed E-state index contributed by atoms with van der Waals surface area (Å²) >= 11 is 0. The van der Waals surface area contributed by atoms with Gasteiger partial charge in [-0.3, -0.25) is 9.18 Å². The molecule has 3 rings (SSSR count). The Labute approximate surface area is 251 Å². The highest BCUT2D eigenvalue weighted by atomic mass is 19.1. The first-order chi connectivity index (χ1) is 20.9. The summed E-state index contributed by atoms with van der Waals surface area (Å²) in [5, 5.41) is 17.9. The highest BCUT2D eigenvalue weighted by Crippen LogP contribution is 2.32. The highest BCUT2D eigenvalue weighted by molar-refractivity contribution is 5.87. The number of benzene rings is 3. The summed E-state index contributed by atoms with van der Waals surface area (Å²) in [6.45, 7) is 4.45. The Morgan fingerprint density at radius 2 is 1.37 bits per heavy atom. The van der Waals surface area contributed by atoms with Gasteiger partial charge < -0.3 is 29.2 Å². The number of carbonyl (C=O) groups excluding carboxylic acids is 2. The predicted molar refractivity (Wildman–Crippen MR) is 162 cm³/mol. The summed E-state index contributed by atoms with van der Waals surface area (Å²) in [6, 6.07) is 21.5. The normalized spacial score (nSPS) is 11.4. The molecule has 0 fully saturated rings. The van der Waals surface area contributed by atoms with E-state index in [0.29, 0.717) is 17.9 Å². The third-order valence-electron chi connectivity index (χ3n) is 6.63. The molecule has 9 heteroatoms. The largest absolute Gasteiger partial charge is 0.490 e. The van der Waals surface area contributed by atoms with Crippen molar-refractivity contribution in [2.24, 2.45) is 5.92 Å². The van der Waals surface area contributed by atoms with E-state index in [2.05, 4.69) is 18.7 Å². The number of halogens is 1. The zero-order chi connectivity index (χ0) is 31.0. The van der Waals surface area contributed by atoms with Crippen molar-refractivity contribution < 1.29 is 43.1 Å². The van der Waals surface area contributed by atoms with Gasteiger partial charge in [0.2, 0.25) is 0 Å². The van der Waals surface area contributed by atoms with Crippen LogP contribution in [-0.4, -0.2) is 68.5 Å². The fraction of sp³-hybridized carbons (Fsp3) is 0.353. The predicted octanol–water partition coefficient (Wildman–Crippen LogP) is 5.33. The van der Waals surface area contributed by atoms with Crippen molar-refractivity contribution in [2.45, 2.75) is 26.2 Å². The van der Waals surface area contributed by atoms with Crippen LogP contribution in [0.4, 0.5) is 4.39 Å². The van der Waals surface area contributed by atoms with Crippen LogP contribution in [0.15, 0.2) is 78.9 Å². The SMILES string of the molecule is C=C(CO)C(=O)OCCOc1ccc(-c2ccc(-c3ccc(OCCOC(=O)C(C)CO)cc3)c(CCCCF)c2)cc1. The summed E-state index contributed by atoms with van der Waals surface area (Å²) in [5.41, 5.74) is 5.17. The maximum Gasteiger partial charge on any atom is 0.335 e. The fourth-order valence-electron chi connectivity index (χ4n) is 4.13. The lowest BCUT2D eigenvalue weighted by atomic mass is 9.92. The molecular weight excluding hydrogens is 555 g/mol. The lowest BCUT2D eigenvalue weighted by Crippen LogP contribution is -2.20. The van der Waals surface area contributed by atoms with Gasteiger partial charge in [0.25, 0.3) is 0 Å². The number of alkyl halides is 1. The molecule has 1 unspecified atom stereocenters.